The second-order valence-corrected chi connectivity index (χ2v) is 5.06. The number of carbonyl (C=O) groups is 1. The zero-order valence-electron chi connectivity index (χ0n) is 11.9. The van der Waals surface area contributed by atoms with Crippen molar-refractivity contribution in [2.24, 2.45) is 0 Å². The molecule has 2 aromatic rings. The average molecular weight is 268 g/mol. The Morgan fingerprint density at radius 1 is 1.00 bits per heavy atom. The van der Waals surface area contributed by atoms with Crippen molar-refractivity contribution in [3.8, 4) is 0 Å². The van der Waals surface area contributed by atoms with Crippen LogP contribution in [0.2, 0.25) is 0 Å². The molecule has 0 aliphatic rings. The summed E-state index contributed by atoms with van der Waals surface area (Å²) in [4.78, 5) is 14.4. The lowest BCUT2D eigenvalue weighted by Gasteiger charge is -2.23. The van der Waals surface area contributed by atoms with E-state index in [0.717, 1.165) is 12.1 Å². The number of likely N-dealkylation sites (N-methyl/N-ethyl adjacent to an activating group) is 1. The highest BCUT2D eigenvalue weighted by molar-refractivity contribution is 5.94. The van der Waals surface area contributed by atoms with Crippen LogP contribution in [-0.4, -0.2) is 31.4 Å². The van der Waals surface area contributed by atoms with Crippen molar-refractivity contribution in [3.63, 3.8) is 0 Å². The van der Waals surface area contributed by atoms with E-state index in [0.29, 0.717) is 5.56 Å². The minimum absolute atomic E-state index is 0.0149. The third kappa shape index (κ3) is 3.93. The van der Waals surface area contributed by atoms with Gasteiger partial charge >= 0.3 is 0 Å². The Kier molecular flexibility index (Phi) is 4.91. The highest BCUT2D eigenvalue weighted by Gasteiger charge is 2.16. The van der Waals surface area contributed by atoms with Gasteiger partial charge in [0.1, 0.15) is 0 Å². The maximum absolute atomic E-state index is 12.3. The summed E-state index contributed by atoms with van der Waals surface area (Å²) in [5, 5.41) is 3.10. The number of carbonyl (C=O) groups excluding carboxylic acids is 1. The van der Waals surface area contributed by atoms with E-state index in [2.05, 4.69) is 10.2 Å². The summed E-state index contributed by atoms with van der Waals surface area (Å²) in [5.74, 6) is -0.0405. The summed E-state index contributed by atoms with van der Waals surface area (Å²) in [6.07, 6.45) is 0. The summed E-state index contributed by atoms with van der Waals surface area (Å²) in [7, 11) is 4.01. The van der Waals surface area contributed by atoms with Crippen LogP contribution in [0.4, 0.5) is 0 Å². The van der Waals surface area contributed by atoms with Crippen molar-refractivity contribution in [2.45, 2.75) is 6.04 Å². The van der Waals surface area contributed by atoms with Gasteiger partial charge in [0.15, 0.2) is 0 Å². The zero-order chi connectivity index (χ0) is 14.4. The SMILES string of the molecule is CN(C)C[C@H](NC(=O)c1ccccc1)c1ccccc1. The Bertz CT molecular complexity index is 537. The predicted molar refractivity (Wildman–Crippen MR) is 81.6 cm³/mol. The van der Waals surface area contributed by atoms with E-state index < -0.39 is 0 Å². The fraction of sp³-hybridized carbons (Fsp3) is 0.235. The quantitative estimate of drug-likeness (QED) is 0.904. The van der Waals surface area contributed by atoms with E-state index >= 15 is 0 Å². The Hall–Kier alpha value is -2.13. The fourth-order valence-corrected chi connectivity index (χ4v) is 2.12. The molecule has 0 heterocycles. The second kappa shape index (κ2) is 6.87. The van der Waals surface area contributed by atoms with Crippen LogP contribution in [0, 0.1) is 0 Å². The smallest absolute Gasteiger partial charge is 0.251 e. The summed E-state index contributed by atoms with van der Waals surface area (Å²) in [5.41, 5.74) is 1.80. The van der Waals surface area contributed by atoms with Gasteiger partial charge in [0.2, 0.25) is 0 Å². The fourth-order valence-electron chi connectivity index (χ4n) is 2.12. The molecule has 20 heavy (non-hydrogen) atoms. The molecule has 1 N–H and O–H groups in total. The van der Waals surface area contributed by atoms with E-state index in [1.54, 1.807) is 0 Å². The van der Waals surface area contributed by atoms with Gasteiger partial charge in [-0.25, -0.2) is 0 Å². The monoisotopic (exact) mass is 268 g/mol. The van der Waals surface area contributed by atoms with Gasteiger partial charge in [-0.15, -0.1) is 0 Å². The number of nitrogens with zero attached hydrogens (tertiary/aromatic N) is 1. The maximum Gasteiger partial charge on any atom is 0.251 e. The topological polar surface area (TPSA) is 32.3 Å². The molecular formula is C17H20N2O. The van der Waals surface area contributed by atoms with Gasteiger partial charge in [0.25, 0.3) is 5.91 Å². The lowest BCUT2D eigenvalue weighted by molar-refractivity contribution is 0.0930. The molecule has 0 aliphatic heterocycles. The standard InChI is InChI=1S/C17H20N2O/c1-19(2)13-16(14-9-5-3-6-10-14)18-17(20)15-11-7-4-8-12-15/h3-12,16H,13H2,1-2H3,(H,18,20)/t16-/m0/s1. The minimum Gasteiger partial charge on any atom is -0.344 e. The lowest BCUT2D eigenvalue weighted by Crippen LogP contribution is -2.35. The van der Waals surface area contributed by atoms with E-state index in [4.69, 9.17) is 0 Å². The molecule has 2 rings (SSSR count). The van der Waals surface area contributed by atoms with Gasteiger partial charge in [-0.3, -0.25) is 4.79 Å². The van der Waals surface area contributed by atoms with Crippen LogP contribution in [0.5, 0.6) is 0 Å². The third-order valence-electron chi connectivity index (χ3n) is 3.09. The first-order chi connectivity index (χ1) is 9.66. The van der Waals surface area contributed by atoms with E-state index in [-0.39, 0.29) is 11.9 Å². The average Bonchev–Trinajstić information content (AvgIpc) is 2.48. The van der Waals surface area contributed by atoms with Crippen molar-refractivity contribution in [1.29, 1.82) is 0 Å². The van der Waals surface area contributed by atoms with Crippen LogP contribution >= 0.6 is 0 Å². The normalized spacial score (nSPS) is 12.2. The van der Waals surface area contributed by atoms with Crippen molar-refractivity contribution in [1.82, 2.24) is 10.2 Å². The molecule has 0 fully saturated rings. The first-order valence-corrected chi connectivity index (χ1v) is 6.72. The highest BCUT2D eigenvalue weighted by atomic mass is 16.1. The molecule has 1 amide bonds. The summed E-state index contributed by atoms with van der Waals surface area (Å²) < 4.78 is 0. The molecule has 0 unspecified atom stereocenters. The van der Waals surface area contributed by atoms with Crippen LogP contribution in [-0.2, 0) is 0 Å². The second-order valence-electron chi connectivity index (χ2n) is 5.06. The molecule has 3 heteroatoms. The summed E-state index contributed by atoms with van der Waals surface area (Å²) in [6, 6.07) is 19.3. The molecule has 2 aromatic carbocycles. The van der Waals surface area contributed by atoms with Gasteiger partial charge in [0, 0.05) is 12.1 Å². The summed E-state index contributed by atoms with van der Waals surface area (Å²) >= 11 is 0. The van der Waals surface area contributed by atoms with Crippen LogP contribution in [0.1, 0.15) is 22.0 Å². The van der Waals surface area contributed by atoms with Crippen molar-refractivity contribution < 1.29 is 4.79 Å². The minimum atomic E-state index is -0.0405. The number of benzene rings is 2. The third-order valence-corrected chi connectivity index (χ3v) is 3.09. The van der Waals surface area contributed by atoms with Crippen molar-refractivity contribution in [2.75, 3.05) is 20.6 Å². The number of rotatable bonds is 5. The molecule has 0 aliphatic carbocycles. The van der Waals surface area contributed by atoms with Crippen LogP contribution < -0.4 is 5.32 Å². The van der Waals surface area contributed by atoms with E-state index in [1.165, 1.54) is 0 Å². The first-order valence-electron chi connectivity index (χ1n) is 6.72. The molecule has 0 bridgehead atoms. The van der Waals surface area contributed by atoms with Crippen LogP contribution in [0.15, 0.2) is 60.7 Å². The highest BCUT2D eigenvalue weighted by Crippen LogP contribution is 2.14. The molecule has 1 atom stereocenters. The summed E-state index contributed by atoms with van der Waals surface area (Å²) in [6.45, 7) is 0.766. The molecular weight excluding hydrogens is 248 g/mol. The number of amides is 1. The predicted octanol–water partition coefficient (Wildman–Crippen LogP) is 2.72. The van der Waals surface area contributed by atoms with E-state index in [9.17, 15) is 4.79 Å². The molecule has 0 radical (unpaired) electrons. The van der Waals surface area contributed by atoms with Gasteiger partial charge in [-0.2, -0.15) is 0 Å². The zero-order valence-corrected chi connectivity index (χ0v) is 11.9. The van der Waals surface area contributed by atoms with Crippen LogP contribution in [0.3, 0.4) is 0 Å². The van der Waals surface area contributed by atoms with E-state index in [1.807, 2.05) is 74.8 Å². The molecule has 3 nitrogen and oxygen atoms in total. The first kappa shape index (κ1) is 14.3. The van der Waals surface area contributed by atoms with Gasteiger partial charge in [-0.1, -0.05) is 48.5 Å². The molecule has 104 valence electrons. The number of hydrogen-bond acceptors (Lipinski definition) is 2. The molecule has 0 aromatic heterocycles. The molecule has 0 saturated carbocycles. The van der Waals surface area contributed by atoms with Crippen LogP contribution in [0.25, 0.3) is 0 Å². The van der Waals surface area contributed by atoms with Gasteiger partial charge in [0.05, 0.1) is 6.04 Å². The molecule has 0 saturated heterocycles. The van der Waals surface area contributed by atoms with Gasteiger partial charge < -0.3 is 10.2 Å². The van der Waals surface area contributed by atoms with Gasteiger partial charge in [-0.05, 0) is 31.8 Å². The maximum atomic E-state index is 12.3. The lowest BCUT2D eigenvalue weighted by atomic mass is 10.1. The Balaban J connectivity index is 2.14. The largest absolute Gasteiger partial charge is 0.344 e. The number of nitrogens with one attached hydrogen (secondary N) is 1. The van der Waals surface area contributed by atoms with Crippen molar-refractivity contribution in [3.05, 3.63) is 71.8 Å². The Labute approximate surface area is 120 Å². The Morgan fingerprint density at radius 3 is 2.10 bits per heavy atom. The number of hydrogen-bond donors (Lipinski definition) is 1. The van der Waals surface area contributed by atoms with Crippen molar-refractivity contribution >= 4 is 5.91 Å². The Morgan fingerprint density at radius 2 is 1.55 bits per heavy atom. The molecule has 0 spiro atoms.